The van der Waals surface area contributed by atoms with E-state index in [0.717, 1.165) is 51.5 Å². The SMILES string of the molecule is CCCCNC(=O)[C@H](C)C[C@H](O)[C@@H]1C[C@H](C)CCCCCCNCC(=O)N(C)[C@@H](C)C(=O)N1. The second-order valence-corrected chi connectivity index (χ2v) is 9.86. The molecule has 0 aromatic rings. The first kappa shape index (κ1) is 29.4. The highest BCUT2D eigenvalue weighted by atomic mass is 16.3. The molecular formula is C25H48N4O4. The van der Waals surface area contributed by atoms with Gasteiger partial charge in [0.2, 0.25) is 17.7 Å². The molecule has 1 heterocycles. The zero-order valence-electron chi connectivity index (χ0n) is 21.5. The quantitative estimate of drug-likeness (QED) is 0.428. The Morgan fingerprint density at radius 2 is 1.91 bits per heavy atom. The van der Waals surface area contributed by atoms with Gasteiger partial charge >= 0.3 is 0 Å². The molecule has 5 atom stereocenters. The van der Waals surface area contributed by atoms with Crippen LogP contribution in [0.25, 0.3) is 0 Å². The van der Waals surface area contributed by atoms with Crippen LogP contribution in [0, 0.1) is 11.8 Å². The monoisotopic (exact) mass is 468 g/mol. The fraction of sp³-hybridized carbons (Fsp3) is 0.880. The normalized spacial score (nSPS) is 26.4. The summed E-state index contributed by atoms with van der Waals surface area (Å²) in [6.07, 6.45) is 7.44. The molecule has 192 valence electrons. The highest BCUT2D eigenvalue weighted by Crippen LogP contribution is 2.20. The minimum absolute atomic E-state index is 0.0683. The Balaban J connectivity index is 2.86. The van der Waals surface area contributed by atoms with E-state index in [1.807, 2.05) is 6.92 Å². The molecule has 8 nitrogen and oxygen atoms in total. The molecule has 0 bridgehead atoms. The van der Waals surface area contributed by atoms with E-state index < -0.39 is 18.2 Å². The fourth-order valence-electron chi connectivity index (χ4n) is 4.17. The second kappa shape index (κ2) is 16.0. The van der Waals surface area contributed by atoms with E-state index >= 15 is 0 Å². The summed E-state index contributed by atoms with van der Waals surface area (Å²) in [7, 11) is 1.63. The van der Waals surface area contributed by atoms with Crippen molar-refractivity contribution in [3.8, 4) is 0 Å². The van der Waals surface area contributed by atoms with Crippen molar-refractivity contribution in [3.05, 3.63) is 0 Å². The van der Waals surface area contributed by atoms with E-state index in [4.69, 9.17) is 0 Å². The van der Waals surface area contributed by atoms with Crippen molar-refractivity contribution in [1.82, 2.24) is 20.9 Å². The predicted molar refractivity (Wildman–Crippen MR) is 132 cm³/mol. The Morgan fingerprint density at radius 3 is 2.61 bits per heavy atom. The summed E-state index contributed by atoms with van der Waals surface area (Å²) in [6, 6.07) is -1.11. The average molecular weight is 469 g/mol. The molecule has 3 amide bonds. The first-order chi connectivity index (χ1) is 15.7. The molecule has 1 saturated heterocycles. The summed E-state index contributed by atoms with van der Waals surface area (Å²) in [5.74, 6) is -0.500. The molecule has 8 heteroatoms. The Hall–Kier alpha value is -1.67. The zero-order valence-corrected chi connectivity index (χ0v) is 21.5. The molecule has 0 saturated carbocycles. The summed E-state index contributed by atoms with van der Waals surface area (Å²) in [4.78, 5) is 39.2. The first-order valence-corrected chi connectivity index (χ1v) is 12.9. The van der Waals surface area contributed by atoms with E-state index in [1.165, 1.54) is 4.90 Å². The van der Waals surface area contributed by atoms with E-state index in [-0.39, 0.29) is 36.6 Å². The summed E-state index contributed by atoms with van der Waals surface area (Å²) < 4.78 is 0. The lowest BCUT2D eigenvalue weighted by atomic mass is 9.89. The van der Waals surface area contributed by atoms with Gasteiger partial charge in [-0.2, -0.15) is 0 Å². The Kier molecular flexibility index (Phi) is 14.3. The van der Waals surface area contributed by atoms with Crippen molar-refractivity contribution in [2.75, 3.05) is 26.7 Å². The summed E-state index contributed by atoms with van der Waals surface area (Å²) in [5.41, 5.74) is 0. The van der Waals surface area contributed by atoms with Crippen LogP contribution in [0.2, 0.25) is 0 Å². The van der Waals surface area contributed by atoms with Gasteiger partial charge in [-0.1, -0.05) is 52.9 Å². The molecule has 33 heavy (non-hydrogen) atoms. The lowest BCUT2D eigenvalue weighted by Gasteiger charge is -2.31. The molecule has 0 aromatic heterocycles. The molecular weight excluding hydrogens is 420 g/mol. The number of aliphatic hydroxyl groups excluding tert-OH is 1. The third kappa shape index (κ3) is 11.3. The maximum Gasteiger partial charge on any atom is 0.242 e. The third-order valence-corrected chi connectivity index (χ3v) is 6.75. The number of aliphatic hydroxyl groups is 1. The standard InChI is InChI=1S/C25H48N4O4/c1-6-7-14-27-24(32)19(3)16-22(30)21-15-18(2)12-10-8-9-11-13-26-17-23(31)29(5)20(4)25(33)28-21/h18-22,26,30H,6-17H2,1-5H3,(H,27,32)(H,28,33)/t18-,19-,20+,21+,22+/m1/s1. The summed E-state index contributed by atoms with van der Waals surface area (Å²) in [5, 5.41) is 20.1. The van der Waals surface area contributed by atoms with Crippen LogP contribution in [0.4, 0.5) is 0 Å². The Morgan fingerprint density at radius 1 is 1.21 bits per heavy atom. The van der Waals surface area contributed by atoms with Crippen molar-refractivity contribution >= 4 is 17.7 Å². The minimum Gasteiger partial charge on any atom is -0.391 e. The number of carbonyl (C=O) groups is 3. The van der Waals surface area contributed by atoms with Gasteiger partial charge in [-0.05, 0) is 45.1 Å². The number of amides is 3. The molecule has 0 aliphatic carbocycles. The lowest BCUT2D eigenvalue weighted by Crippen LogP contribution is -2.53. The Labute approximate surface area is 200 Å². The Bertz CT molecular complexity index is 601. The predicted octanol–water partition coefficient (Wildman–Crippen LogP) is 2.20. The molecule has 1 aliphatic heterocycles. The first-order valence-electron chi connectivity index (χ1n) is 12.9. The topological polar surface area (TPSA) is 111 Å². The molecule has 0 aromatic carbocycles. The van der Waals surface area contributed by atoms with Crippen LogP contribution in [0.1, 0.15) is 85.5 Å². The highest BCUT2D eigenvalue weighted by Gasteiger charge is 2.30. The summed E-state index contributed by atoms with van der Waals surface area (Å²) >= 11 is 0. The van der Waals surface area contributed by atoms with Gasteiger partial charge in [-0.3, -0.25) is 14.4 Å². The number of hydrogen-bond acceptors (Lipinski definition) is 5. The second-order valence-electron chi connectivity index (χ2n) is 9.86. The number of likely N-dealkylation sites (N-methyl/N-ethyl adjacent to an activating group) is 1. The molecule has 1 rings (SSSR count). The minimum atomic E-state index is -0.836. The van der Waals surface area contributed by atoms with E-state index in [1.54, 1.807) is 14.0 Å². The van der Waals surface area contributed by atoms with Crippen LogP contribution in [0.3, 0.4) is 0 Å². The summed E-state index contributed by atoms with van der Waals surface area (Å²) in [6.45, 7) is 9.38. The van der Waals surface area contributed by atoms with Crippen LogP contribution in [-0.2, 0) is 14.4 Å². The fourth-order valence-corrected chi connectivity index (χ4v) is 4.17. The van der Waals surface area contributed by atoms with Gasteiger partial charge in [0.15, 0.2) is 0 Å². The van der Waals surface area contributed by atoms with Gasteiger partial charge in [-0.25, -0.2) is 0 Å². The molecule has 4 N–H and O–H groups in total. The van der Waals surface area contributed by atoms with Gasteiger partial charge < -0.3 is 26.0 Å². The molecule has 0 spiro atoms. The largest absolute Gasteiger partial charge is 0.391 e. The van der Waals surface area contributed by atoms with Crippen molar-refractivity contribution in [1.29, 1.82) is 0 Å². The molecule has 0 unspecified atom stereocenters. The van der Waals surface area contributed by atoms with Gasteiger partial charge in [0.05, 0.1) is 18.7 Å². The van der Waals surface area contributed by atoms with E-state index in [0.29, 0.717) is 18.9 Å². The molecule has 0 radical (unpaired) electrons. The molecule has 1 aliphatic rings. The highest BCUT2D eigenvalue weighted by molar-refractivity contribution is 5.88. The maximum absolute atomic E-state index is 13.0. The van der Waals surface area contributed by atoms with Gasteiger partial charge in [0.1, 0.15) is 6.04 Å². The maximum atomic E-state index is 13.0. The number of unbranched alkanes of at least 4 members (excludes halogenated alkanes) is 1. The van der Waals surface area contributed by atoms with Gasteiger partial charge in [-0.15, -0.1) is 0 Å². The van der Waals surface area contributed by atoms with Crippen molar-refractivity contribution in [2.45, 2.75) is 104 Å². The van der Waals surface area contributed by atoms with Crippen LogP contribution in [-0.4, -0.2) is 72.6 Å². The van der Waals surface area contributed by atoms with Crippen molar-refractivity contribution < 1.29 is 19.5 Å². The number of nitrogens with zero attached hydrogens (tertiary/aromatic N) is 1. The van der Waals surface area contributed by atoms with Crippen LogP contribution in [0.15, 0.2) is 0 Å². The lowest BCUT2D eigenvalue weighted by molar-refractivity contribution is -0.138. The third-order valence-electron chi connectivity index (χ3n) is 6.75. The van der Waals surface area contributed by atoms with Crippen LogP contribution < -0.4 is 16.0 Å². The van der Waals surface area contributed by atoms with Gasteiger partial charge in [0, 0.05) is 19.5 Å². The zero-order chi connectivity index (χ0) is 24.8. The van der Waals surface area contributed by atoms with Crippen LogP contribution in [0.5, 0.6) is 0 Å². The number of rotatable bonds is 7. The van der Waals surface area contributed by atoms with E-state index in [9.17, 15) is 19.5 Å². The number of carbonyl (C=O) groups excluding carboxylic acids is 3. The van der Waals surface area contributed by atoms with Crippen molar-refractivity contribution in [3.63, 3.8) is 0 Å². The number of hydrogen-bond donors (Lipinski definition) is 4. The smallest absolute Gasteiger partial charge is 0.242 e. The van der Waals surface area contributed by atoms with E-state index in [2.05, 4.69) is 29.8 Å². The average Bonchev–Trinajstić information content (AvgIpc) is 2.78. The molecule has 1 fully saturated rings. The number of nitrogens with one attached hydrogen (secondary N) is 3. The van der Waals surface area contributed by atoms with Crippen molar-refractivity contribution in [2.24, 2.45) is 11.8 Å². The van der Waals surface area contributed by atoms with Crippen LogP contribution >= 0.6 is 0 Å². The van der Waals surface area contributed by atoms with Gasteiger partial charge in [0.25, 0.3) is 0 Å².